The van der Waals surface area contributed by atoms with Crippen LogP contribution in [0.15, 0.2) is 0 Å². The molecule has 6 heteroatoms. The second-order valence-electron chi connectivity index (χ2n) is 1.82. The Morgan fingerprint density at radius 3 is 2.67 bits per heavy atom. The SMILES string of the molecule is N#CCNC(=O)COCC(=O)O. The monoisotopic (exact) mass is 172 g/mol. The van der Waals surface area contributed by atoms with Crippen molar-refractivity contribution in [2.75, 3.05) is 19.8 Å². The first-order valence-electron chi connectivity index (χ1n) is 3.10. The predicted octanol–water partition coefficient (Wildman–Crippen LogP) is -1.27. The molecule has 0 bridgehead atoms. The number of ether oxygens (including phenoxy) is 1. The fraction of sp³-hybridized carbons (Fsp3) is 0.500. The summed E-state index contributed by atoms with van der Waals surface area (Å²) < 4.78 is 4.43. The van der Waals surface area contributed by atoms with Gasteiger partial charge in [-0.15, -0.1) is 0 Å². The maximum absolute atomic E-state index is 10.6. The Hall–Kier alpha value is -1.61. The van der Waals surface area contributed by atoms with Gasteiger partial charge in [0.05, 0.1) is 6.07 Å². The number of hydrogen-bond acceptors (Lipinski definition) is 4. The highest BCUT2D eigenvalue weighted by Gasteiger charge is 2.01. The van der Waals surface area contributed by atoms with Gasteiger partial charge in [-0.25, -0.2) is 4.79 Å². The summed E-state index contributed by atoms with van der Waals surface area (Å²) in [5, 5.41) is 18.3. The molecule has 6 nitrogen and oxygen atoms in total. The van der Waals surface area contributed by atoms with Gasteiger partial charge in [0, 0.05) is 0 Å². The second-order valence-corrected chi connectivity index (χ2v) is 1.82. The van der Waals surface area contributed by atoms with Crippen LogP contribution in [-0.2, 0) is 14.3 Å². The van der Waals surface area contributed by atoms with Crippen LogP contribution in [0.25, 0.3) is 0 Å². The summed E-state index contributed by atoms with van der Waals surface area (Å²) in [6.45, 7) is -0.955. The van der Waals surface area contributed by atoms with Crippen LogP contribution in [-0.4, -0.2) is 36.7 Å². The Morgan fingerprint density at radius 1 is 1.50 bits per heavy atom. The van der Waals surface area contributed by atoms with Crippen LogP contribution in [0.2, 0.25) is 0 Å². The zero-order valence-electron chi connectivity index (χ0n) is 6.24. The summed E-state index contributed by atoms with van der Waals surface area (Å²) in [5.41, 5.74) is 0. The second kappa shape index (κ2) is 6.12. The molecule has 2 N–H and O–H groups in total. The molecule has 12 heavy (non-hydrogen) atoms. The quantitative estimate of drug-likeness (QED) is 0.503. The van der Waals surface area contributed by atoms with E-state index in [4.69, 9.17) is 10.4 Å². The van der Waals surface area contributed by atoms with E-state index in [1.165, 1.54) is 0 Å². The van der Waals surface area contributed by atoms with E-state index in [2.05, 4.69) is 10.1 Å². The third-order valence-electron chi connectivity index (χ3n) is 0.823. The van der Waals surface area contributed by atoms with Gasteiger partial charge >= 0.3 is 5.97 Å². The molecule has 0 aliphatic rings. The number of carboxylic acid groups (broad SMARTS) is 1. The van der Waals surface area contributed by atoms with Gasteiger partial charge in [-0.1, -0.05) is 0 Å². The van der Waals surface area contributed by atoms with Crippen molar-refractivity contribution in [1.82, 2.24) is 5.32 Å². The van der Waals surface area contributed by atoms with E-state index in [9.17, 15) is 9.59 Å². The number of hydrogen-bond donors (Lipinski definition) is 2. The van der Waals surface area contributed by atoms with Crippen LogP contribution in [0.1, 0.15) is 0 Å². The molecule has 0 aromatic heterocycles. The van der Waals surface area contributed by atoms with Gasteiger partial charge in [0.2, 0.25) is 5.91 Å². The molecule has 0 aliphatic heterocycles. The van der Waals surface area contributed by atoms with Crippen molar-refractivity contribution < 1.29 is 19.4 Å². The van der Waals surface area contributed by atoms with E-state index in [0.29, 0.717) is 0 Å². The first-order valence-corrected chi connectivity index (χ1v) is 3.10. The highest BCUT2D eigenvalue weighted by Crippen LogP contribution is 1.74. The van der Waals surface area contributed by atoms with Crippen LogP contribution in [0, 0.1) is 11.3 Å². The molecule has 0 saturated heterocycles. The van der Waals surface area contributed by atoms with Gasteiger partial charge in [0.25, 0.3) is 0 Å². The standard InChI is InChI=1S/C6H8N2O4/c7-1-2-8-5(9)3-12-4-6(10)11/h2-4H2,(H,8,9)(H,10,11). The fourth-order valence-corrected chi connectivity index (χ4v) is 0.420. The van der Waals surface area contributed by atoms with Crippen molar-refractivity contribution in [2.24, 2.45) is 0 Å². The molecule has 0 unspecified atom stereocenters. The molecule has 0 aromatic rings. The molecule has 0 rings (SSSR count). The predicted molar refractivity (Wildman–Crippen MR) is 37.1 cm³/mol. The van der Waals surface area contributed by atoms with Gasteiger partial charge < -0.3 is 15.2 Å². The van der Waals surface area contributed by atoms with E-state index in [1.807, 2.05) is 0 Å². The van der Waals surface area contributed by atoms with Crippen LogP contribution in [0.5, 0.6) is 0 Å². The van der Waals surface area contributed by atoms with Crippen molar-refractivity contribution in [3.05, 3.63) is 0 Å². The van der Waals surface area contributed by atoms with Crippen molar-refractivity contribution in [3.8, 4) is 6.07 Å². The Bertz CT molecular complexity index is 208. The number of nitrogens with one attached hydrogen (secondary N) is 1. The molecule has 0 heterocycles. The smallest absolute Gasteiger partial charge is 0.329 e. The van der Waals surface area contributed by atoms with E-state index < -0.39 is 18.5 Å². The highest BCUT2D eigenvalue weighted by atomic mass is 16.5. The maximum Gasteiger partial charge on any atom is 0.329 e. The number of amides is 1. The number of aliphatic carboxylic acids is 1. The number of carboxylic acids is 1. The number of nitrogens with zero attached hydrogens (tertiary/aromatic N) is 1. The minimum absolute atomic E-state index is 0.102. The van der Waals surface area contributed by atoms with E-state index >= 15 is 0 Å². The average Bonchev–Trinajstić information content (AvgIpc) is 2.00. The van der Waals surface area contributed by atoms with Gasteiger partial charge in [0.15, 0.2) is 0 Å². The molecule has 1 amide bonds. The largest absolute Gasteiger partial charge is 0.480 e. The summed E-state index contributed by atoms with van der Waals surface area (Å²) in [6, 6.07) is 1.69. The van der Waals surface area contributed by atoms with Crippen molar-refractivity contribution >= 4 is 11.9 Å². The van der Waals surface area contributed by atoms with Gasteiger partial charge in [0.1, 0.15) is 19.8 Å². The number of carbonyl (C=O) groups excluding carboxylic acids is 1. The number of rotatable bonds is 5. The highest BCUT2D eigenvalue weighted by molar-refractivity contribution is 5.77. The lowest BCUT2D eigenvalue weighted by Crippen LogP contribution is -2.28. The van der Waals surface area contributed by atoms with E-state index in [1.54, 1.807) is 6.07 Å². The molecular weight excluding hydrogens is 164 g/mol. The van der Waals surface area contributed by atoms with Gasteiger partial charge in [-0.2, -0.15) is 5.26 Å². The molecule has 0 fully saturated rings. The van der Waals surface area contributed by atoms with Crippen LogP contribution < -0.4 is 5.32 Å². The lowest BCUT2D eigenvalue weighted by molar-refractivity contribution is -0.143. The molecule has 0 radical (unpaired) electrons. The molecule has 0 aromatic carbocycles. The zero-order chi connectivity index (χ0) is 9.40. The number of carbonyl (C=O) groups is 2. The molecule has 0 atom stereocenters. The first kappa shape index (κ1) is 10.4. The van der Waals surface area contributed by atoms with E-state index in [-0.39, 0.29) is 13.2 Å². The molecule has 0 saturated carbocycles. The summed E-state index contributed by atoms with van der Waals surface area (Å²) in [5.74, 6) is -1.64. The third-order valence-corrected chi connectivity index (χ3v) is 0.823. The minimum Gasteiger partial charge on any atom is -0.480 e. The minimum atomic E-state index is -1.14. The van der Waals surface area contributed by atoms with Crippen LogP contribution in [0.3, 0.4) is 0 Å². The van der Waals surface area contributed by atoms with Crippen LogP contribution >= 0.6 is 0 Å². The lowest BCUT2D eigenvalue weighted by atomic mass is 10.6. The molecule has 0 aliphatic carbocycles. The maximum atomic E-state index is 10.6. The summed E-state index contributed by atoms with van der Waals surface area (Å²) >= 11 is 0. The van der Waals surface area contributed by atoms with Crippen LogP contribution in [0.4, 0.5) is 0 Å². The summed E-state index contributed by atoms with van der Waals surface area (Å²) in [7, 11) is 0. The number of nitriles is 1. The molecule has 0 spiro atoms. The van der Waals surface area contributed by atoms with Crippen molar-refractivity contribution in [2.45, 2.75) is 0 Å². The third kappa shape index (κ3) is 6.51. The average molecular weight is 172 g/mol. The Morgan fingerprint density at radius 2 is 2.17 bits per heavy atom. The van der Waals surface area contributed by atoms with Crippen molar-refractivity contribution in [1.29, 1.82) is 5.26 Å². The topological polar surface area (TPSA) is 99.4 Å². The molecule has 66 valence electrons. The van der Waals surface area contributed by atoms with Crippen molar-refractivity contribution in [3.63, 3.8) is 0 Å². The molecular formula is C6H8N2O4. The van der Waals surface area contributed by atoms with Gasteiger partial charge in [-0.05, 0) is 0 Å². The Kier molecular flexibility index (Phi) is 5.30. The normalized spacial score (nSPS) is 8.58. The first-order chi connectivity index (χ1) is 5.66. The zero-order valence-corrected chi connectivity index (χ0v) is 6.24. The van der Waals surface area contributed by atoms with E-state index in [0.717, 1.165) is 0 Å². The summed E-state index contributed by atoms with van der Waals surface area (Å²) in [4.78, 5) is 20.5. The summed E-state index contributed by atoms with van der Waals surface area (Å²) in [6.07, 6.45) is 0. The fourth-order valence-electron chi connectivity index (χ4n) is 0.420. The Labute approximate surface area is 68.7 Å². The van der Waals surface area contributed by atoms with Gasteiger partial charge in [-0.3, -0.25) is 4.79 Å². The lowest BCUT2D eigenvalue weighted by Gasteiger charge is -1.99. The Balaban J connectivity index is 3.33.